The van der Waals surface area contributed by atoms with E-state index in [1.54, 1.807) is 19.1 Å². The highest BCUT2D eigenvalue weighted by Crippen LogP contribution is 2.13. The molecule has 1 aliphatic rings. The van der Waals surface area contributed by atoms with Crippen molar-refractivity contribution in [3.63, 3.8) is 0 Å². The van der Waals surface area contributed by atoms with E-state index < -0.39 is 11.9 Å². The summed E-state index contributed by atoms with van der Waals surface area (Å²) >= 11 is 2.02. The second-order valence-corrected chi connectivity index (χ2v) is 7.79. The van der Waals surface area contributed by atoms with Gasteiger partial charge in [-0.3, -0.25) is 9.59 Å². The Balaban J connectivity index is 1.45. The summed E-state index contributed by atoms with van der Waals surface area (Å²) in [5.74, 6) is 1.95. The number of nitrogens with one attached hydrogen (secondary N) is 2. The van der Waals surface area contributed by atoms with E-state index >= 15 is 0 Å². The fraction of sp³-hybridized carbons (Fsp3) is 0.400. The molecule has 0 saturated carbocycles. The molecule has 1 aromatic carbocycles. The maximum Gasteiger partial charge on any atom is 0.287 e. The summed E-state index contributed by atoms with van der Waals surface area (Å²) in [7, 11) is 0. The number of carbonyl (C=O) groups is 2. The monoisotopic (exact) mass is 387 g/mol. The van der Waals surface area contributed by atoms with E-state index in [0.29, 0.717) is 0 Å². The van der Waals surface area contributed by atoms with Gasteiger partial charge >= 0.3 is 0 Å². The van der Waals surface area contributed by atoms with Crippen molar-refractivity contribution >= 4 is 29.3 Å². The molecule has 3 rings (SSSR count). The van der Waals surface area contributed by atoms with Gasteiger partial charge < -0.3 is 20.0 Å². The molecule has 0 radical (unpaired) electrons. The molecule has 7 heteroatoms. The summed E-state index contributed by atoms with van der Waals surface area (Å²) in [4.78, 5) is 26.7. The second-order valence-electron chi connectivity index (χ2n) is 6.56. The lowest BCUT2D eigenvalue weighted by Crippen LogP contribution is -2.41. The van der Waals surface area contributed by atoms with E-state index in [1.165, 1.54) is 36.4 Å². The summed E-state index contributed by atoms with van der Waals surface area (Å²) in [6, 6.07) is 10.4. The van der Waals surface area contributed by atoms with Crippen LogP contribution in [0.2, 0.25) is 0 Å². The first kappa shape index (κ1) is 19.5. The Labute approximate surface area is 163 Å². The Morgan fingerprint density at radius 2 is 1.93 bits per heavy atom. The molecule has 1 atom stereocenters. The van der Waals surface area contributed by atoms with Crippen molar-refractivity contribution in [3.05, 3.63) is 54.0 Å². The number of carbonyl (C=O) groups excluding carboxylic acids is 2. The molecule has 0 aliphatic carbocycles. The maximum atomic E-state index is 12.3. The van der Waals surface area contributed by atoms with Gasteiger partial charge in [0.25, 0.3) is 5.91 Å². The molecule has 1 unspecified atom stereocenters. The standard InChI is InChI=1S/C20H25N3O3S/c1-15(21-20(25)18-3-2-12-26-18)19(24)22-17-6-4-16(5-7-17)8-9-23-10-13-27-14-11-23/h2-7,12,15H,8-11,13-14H2,1H3,(H,21,25)(H,22,24). The molecule has 0 spiro atoms. The molecule has 2 heterocycles. The molecule has 1 saturated heterocycles. The molecule has 6 nitrogen and oxygen atoms in total. The van der Waals surface area contributed by atoms with Crippen LogP contribution in [-0.2, 0) is 11.2 Å². The van der Waals surface area contributed by atoms with Crippen molar-refractivity contribution in [3.8, 4) is 0 Å². The molecule has 0 bridgehead atoms. The Morgan fingerprint density at radius 3 is 2.59 bits per heavy atom. The largest absolute Gasteiger partial charge is 0.459 e. The summed E-state index contributed by atoms with van der Waals surface area (Å²) in [6.45, 7) is 5.05. The third-order valence-electron chi connectivity index (χ3n) is 4.53. The minimum atomic E-state index is -0.667. The van der Waals surface area contributed by atoms with Crippen LogP contribution in [0, 0.1) is 0 Å². The number of thioether (sulfide) groups is 1. The molecule has 144 valence electrons. The molecule has 2 aromatic rings. The number of anilines is 1. The second kappa shape index (κ2) is 9.62. The Morgan fingerprint density at radius 1 is 1.19 bits per heavy atom. The Kier molecular flexibility index (Phi) is 6.95. The fourth-order valence-electron chi connectivity index (χ4n) is 2.86. The van der Waals surface area contributed by atoms with Gasteiger partial charge in [0.1, 0.15) is 6.04 Å². The predicted octanol–water partition coefficient (Wildman–Crippen LogP) is 2.63. The average molecular weight is 388 g/mol. The summed E-state index contributed by atoms with van der Waals surface area (Å²) in [5, 5.41) is 5.45. The minimum Gasteiger partial charge on any atom is -0.459 e. The van der Waals surface area contributed by atoms with Crippen LogP contribution in [0.15, 0.2) is 47.1 Å². The molecular weight excluding hydrogens is 362 g/mol. The minimum absolute atomic E-state index is 0.186. The van der Waals surface area contributed by atoms with Crippen LogP contribution in [-0.4, -0.2) is 53.9 Å². The van der Waals surface area contributed by atoms with E-state index in [4.69, 9.17) is 4.42 Å². The van der Waals surface area contributed by atoms with Gasteiger partial charge in [0, 0.05) is 36.8 Å². The van der Waals surface area contributed by atoms with Gasteiger partial charge in [-0.2, -0.15) is 11.8 Å². The van der Waals surface area contributed by atoms with E-state index in [9.17, 15) is 9.59 Å². The van der Waals surface area contributed by atoms with E-state index in [2.05, 4.69) is 15.5 Å². The number of nitrogens with zero attached hydrogens (tertiary/aromatic N) is 1. The number of rotatable bonds is 7. The quantitative estimate of drug-likeness (QED) is 0.764. The van der Waals surface area contributed by atoms with Gasteiger partial charge in [0.2, 0.25) is 5.91 Å². The van der Waals surface area contributed by atoms with Gasteiger partial charge in [-0.15, -0.1) is 0 Å². The molecule has 1 fully saturated rings. The summed E-state index contributed by atoms with van der Waals surface area (Å²) < 4.78 is 5.03. The first-order valence-electron chi connectivity index (χ1n) is 9.16. The van der Waals surface area contributed by atoms with Crippen LogP contribution in [0.3, 0.4) is 0 Å². The van der Waals surface area contributed by atoms with Crippen LogP contribution in [0.5, 0.6) is 0 Å². The van der Waals surface area contributed by atoms with Gasteiger partial charge in [-0.05, 0) is 43.2 Å². The van der Waals surface area contributed by atoms with Crippen molar-refractivity contribution in [2.24, 2.45) is 0 Å². The van der Waals surface area contributed by atoms with Crippen LogP contribution >= 0.6 is 11.8 Å². The third-order valence-corrected chi connectivity index (χ3v) is 5.47. The van der Waals surface area contributed by atoms with E-state index in [0.717, 1.165) is 18.7 Å². The molecular formula is C20H25N3O3S. The van der Waals surface area contributed by atoms with Crippen LogP contribution in [0.4, 0.5) is 5.69 Å². The third kappa shape index (κ3) is 5.87. The molecule has 27 heavy (non-hydrogen) atoms. The predicted molar refractivity (Wildman–Crippen MR) is 108 cm³/mol. The van der Waals surface area contributed by atoms with Crippen LogP contribution < -0.4 is 10.6 Å². The highest BCUT2D eigenvalue weighted by molar-refractivity contribution is 7.99. The summed E-state index contributed by atoms with van der Waals surface area (Å²) in [5.41, 5.74) is 1.97. The van der Waals surface area contributed by atoms with Gasteiger partial charge in [-0.25, -0.2) is 0 Å². The number of amides is 2. The average Bonchev–Trinajstić information content (AvgIpc) is 3.23. The first-order valence-corrected chi connectivity index (χ1v) is 10.3. The first-order chi connectivity index (χ1) is 13.1. The highest BCUT2D eigenvalue weighted by atomic mass is 32.2. The van der Waals surface area contributed by atoms with Gasteiger partial charge in [0.15, 0.2) is 5.76 Å². The molecule has 2 N–H and O–H groups in total. The lowest BCUT2D eigenvalue weighted by atomic mass is 10.1. The number of furan rings is 1. The zero-order valence-corrected chi connectivity index (χ0v) is 16.3. The highest BCUT2D eigenvalue weighted by Gasteiger charge is 2.18. The number of hydrogen-bond donors (Lipinski definition) is 2. The van der Waals surface area contributed by atoms with Crippen LogP contribution in [0.1, 0.15) is 23.0 Å². The zero-order valence-electron chi connectivity index (χ0n) is 15.4. The Hall–Kier alpha value is -2.25. The summed E-state index contributed by atoms with van der Waals surface area (Å²) in [6.07, 6.45) is 2.43. The lowest BCUT2D eigenvalue weighted by Gasteiger charge is -2.26. The van der Waals surface area contributed by atoms with Crippen molar-refractivity contribution in [2.45, 2.75) is 19.4 Å². The SMILES string of the molecule is CC(NC(=O)c1ccco1)C(=O)Nc1ccc(CCN2CCSCC2)cc1. The normalized spacial score (nSPS) is 15.9. The smallest absolute Gasteiger partial charge is 0.287 e. The van der Waals surface area contributed by atoms with E-state index in [1.807, 2.05) is 36.0 Å². The zero-order chi connectivity index (χ0) is 19.1. The molecule has 2 amide bonds. The van der Waals surface area contributed by atoms with Crippen molar-refractivity contribution < 1.29 is 14.0 Å². The van der Waals surface area contributed by atoms with E-state index in [-0.39, 0.29) is 11.7 Å². The van der Waals surface area contributed by atoms with Gasteiger partial charge in [0.05, 0.1) is 6.26 Å². The molecule has 1 aliphatic heterocycles. The van der Waals surface area contributed by atoms with Crippen molar-refractivity contribution in [1.82, 2.24) is 10.2 Å². The number of benzene rings is 1. The van der Waals surface area contributed by atoms with Crippen molar-refractivity contribution in [2.75, 3.05) is 36.5 Å². The lowest BCUT2D eigenvalue weighted by molar-refractivity contribution is -0.117. The molecule has 1 aromatic heterocycles. The topological polar surface area (TPSA) is 74.6 Å². The van der Waals surface area contributed by atoms with Crippen molar-refractivity contribution in [1.29, 1.82) is 0 Å². The van der Waals surface area contributed by atoms with Crippen LogP contribution in [0.25, 0.3) is 0 Å². The fourth-order valence-corrected chi connectivity index (χ4v) is 3.84. The van der Waals surface area contributed by atoms with Gasteiger partial charge in [-0.1, -0.05) is 12.1 Å². The Bertz CT molecular complexity index is 740. The maximum absolute atomic E-state index is 12.3. The number of hydrogen-bond acceptors (Lipinski definition) is 5.